The topological polar surface area (TPSA) is 44.2 Å². The number of nitrogens with zero attached hydrogens (tertiary/aromatic N) is 2. The normalized spacial score (nSPS) is 10.7. The van der Waals surface area contributed by atoms with Gasteiger partial charge in [-0.25, -0.2) is 0 Å². The molecule has 0 amide bonds. The zero-order valence-electron chi connectivity index (χ0n) is 14.4. The second-order valence-corrected chi connectivity index (χ2v) is 5.98. The monoisotopic (exact) mass is 342 g/mol. The predicted octanol–water partition coefficient (Wildman–Crippen LogP) is 5.31. The van der Waals surface area contributed by atoms with Crippen molar-refractivity contribution in [3.8, 4) is 17.4 Å². The van der Waals surface area contributed by atoms with Gasteiger partial charge in [0, 0.05) is 10.8 Å². The molecular weight excluding hydrogens is 324 g/mol. The van der Waals surface area contributed by atoms with Gasteiger partial charge in [0.25, 0.3) is 0 Å². The van der Waals surface area contributed by atoms with Crippen LogP contribution in [0.1, 0.15) is 11.3 Å². The molecule has 0 atom stereocenters. The number of benzene rings is 3. The van der Waals surface area contributed by atoms with E-state index in [9.17, 15) is 0 Å². The molecule has 26 heavy (non-hydrogen) atoms. The molecule has 3 aromatic carbocycles. The van der Waals surface area contributed by atoms with Crippen LogP contribution in [0.3, 0.4) is 0 Å². The van der Waals surface area contributed by atoms with Gasteiger partial charge in [0.2, 0.25) is 5.88 Å². The standard InChI is InChI=1S/C22H18N2O2/c1-16-20-9-5-6-10-21(20)22(24-23-16)26-19-13-11-18(12-14-19)25-15-17-7-3-2-4-8-17/h2-14H,15H2,1H3. The lowest BCUT2D eigenvalue weighted by atomic mass is 10.1. The summed E-state index contributed by atoms with van der Waals surface area (Å²) in [6.45, 7) is 2.48. The van der Waals surface area contributed by atoms with Gasteiger partial charge in [-0.05, 0) is 42.8 Å². The maximum Gasteiger partial charge on any atom is 0.246 e. The average molecular weight is 342 g/mol. The summed E-state index contributed by atoms with van der Waals surface area (Å²) in [7, 11) is 0. The van der Waals surface area contributed by atoms with Crippen LogP contribution in [0.5, 0.6) is 17.4 Å². The van der Waals surface area contributed by atoms with Crippen LogP contribution in [0, 0.1) is 6.92 Å². The lowest BCUT2D eigenvalue weighted by Crippen LogP contribution is -1.96. The van der Waals surface area contributed by atoms with Crippen LogP contribution in [-0.2, 0) is 6.61 Å². The van der Waals surface area contributed by atoms with Gasteiger partial charge in [0.1, 0.15) is 18.1 Å². The van der Waals surface area contributed by atoms with E-state index in [1.807, 2.05) is 85.8 Å². The zero-order chi connectivity index (χ0) is 17.8. The second kappa shape index (κ2) is 7.23. The molecule has 0 saturated heterocycles. The molecule has 4 rings (SSSR count). The quantitative estimate of drug-likeness (QED) is 0.493. The van der Waals surface area contributed by atoms with Crippen LogP contribution in [-0.4, -0.2) is 10.2 Å². The molecule has 0 aliphatic carbocycles. The third-order valence-corrected chi connectivity index (χ3v) is 4.12. The molecule has 0 radical (unpaired) electrons. The minimum Gasteiger partial charge on any atom is -0.489 e. The molecule has 4 heteroatoms. The van der Waals surface area contributed by atoms with Crippen molar-refractivity contribution in [3.05, 3.63) is 90.1 Å². The van der Waals surface area contributed by atoms with Crippen LogP contribution in [0.15, 0.2) is 78.9 Å². The fourth-order valence-corrected chi connectivity index (χ4v) is 2.75. The van der Waals surface area contributed by atoms with Crippen LogP contribution < -0.4 is 9.47 Å². The molecule has 128 valence electrons. The molecule has 4 nitrogen and oxygen atoms in total. The smallest absolute Gasteiger partial charge is 0.246 e. The summed E-state index contributed by atoms with van der Waals surface area (Å²) < 4.78 is 11.7. The Hall–Kier alpha value is -3.40. The van der Waals surface area contributed by atoms with E-state index in [4.69, 9.17) is 9.47 Å². The fraction of sp³-hybridized carbons (Fsp3) is 0.0909. The van der Waals surface area contributed by atoms with Crippen molar-refractivity contribution >= 4 is 10.8 Å². The van der Waals surface area contributed by atoms with Crippen LogP contribution >= 0.6 is 0 Å². The first-order chi connectivity index (χ1) is 12.8. The van der Waals surface area contributed by atoms with E-state index in [0.29, 0.717) is 18.2 Å². The van der Waals surface area contributed by atoms with Gasteiger partial charge in [-0.15, -0.1) is 5.10 Å². The molecule has 1 aromatic heterocycles. The lowest BCUT2D eigenvalue weighted by molar-refractivity contribution is 0.305. The highest BCUT2D eigenvalue weighted by Gasteiger charge is 2.08. The van der Waals surface area contributed by atoms with E-state index in [1.165, 1.54) is 0 Å². The van der Waals surface area contributed by atoms with E-state index in [-0.39, 0.29) is 0 Å². The first-order valence-corrected chi connectivity index (χ1v) is 8.46. The molecule has 0 unspecified atom stereocenters. The summed E-state index contributed by atoms with van der Waals surface area (Å²) in [5.41, 5.74) is 2.02. The van der Waals surface area contributed by atoms with Crippen molar-refractivity contribution in [1.29, 1.82) is 0 Å². The maximum atomic E-state index is 5.94. The van der Waals surface area contributed by atoms with Crippen molar-refractivity contribution in [2.24, 2.45) is 0 Å². The van der Waals surface area contributed by atoms with Crippen molar-refractivity contribution in [3.63, 3.8) is 0 Å². The predicted molar refractivity (Wildman–Crippen MR) is 102 cm³/mol. The number of hydrogen-bond donors (Lipinski definition) is 0. The van der Waals surface area contributed by atoms with E-state index in [0.717, 1.165) is 27.8 Å². The zero-order valence-corrected chi connectivity index (χ0v) is 14.4. The van der Waals surface area contributed by atoms with E-state index in [2.05, 4.69) is 10.2 Å². The summed E-state index contributed by atoms with van der Waals surface area (Å²) in [5, 5.41) is 10.4. The largest absolute Gasteiger partial charge is 0.489 e. The van der Waals surface area contributed by atoms with Gasteiger partial charge in [-0.3, -0.25) is 0 Å². The Labute approximate surface area is 152 Å². The number of rotatable bonds is 5. The molecule has 1 heterocycles. The summed E-state index contributed by atoms with van der Waals surface area (Å²) in [6.07, 6.45) is 0. The Morgan fingerprint density at radius 1 is 0.692 bits per heavy atom. The van der Waals surface area contributed by atoms with Gasteiger partial charge in [0.15, 0.2) is 0 Å². The Bertz CT molecular complexity index is 1020. The fourth-order valence-electron chi connectivity index (χ4n) is 2.75. The minimum atomic E-state index is 0.504. The number of aryl methyl sites for hydroxylation is 1. The van der Waals surface area contributed by atoms with Crippen molar-refractivity contribution in [1.82, 2.24) is 10.2 Å². The molecular formula is C22H18N2O2. The van der Waals surface area contributed by atoms with Crippen LogP contribution in [0.4, 0.5) is 0 Å². The maximum absolute atomic E-state index is 5.94. The third-order valence-electron chi connectivity index (χ3n) is 4.12. The number of ether oxygens (including phenoxy) is 2. The van der Waals surface area contributed by atoms with Gasteiger partial charge in [-0.1, -0.05) is 48.5 Å². The summed E-state index contributed by atoms with van der Waals surface area (Å²) in [5.74, 6) is 1.99. The van der Waals surface area contributed by atoms with E-state index >= 15 is 0 Å². The highest BCUT2D eigenvalue weighted by Crippen LogP contribution is 2.29. The molecule has 0 bridgehead atoms. The molecule has 0 fully saturated rings. The second-order valence-electron chi connectivity index (χ2n) is 5.98. The molecule has 0 aliphatic rings. The first kappa shape index (κ1) is 16.1. The summed E-state index contributed by atoms with van der Waals surface area (Å²) >= 11 is 0. The van der Waals surface area contributed by atoms with Crippen LogP contribution in [0.2, 0.25) is 0 Å². The van der Waals surface area contributed by atoms with E-state index in [1.54, 1.807) is 0 Å². The molecule has 0 saturated carbocycles. The molecule has 0 N–H and O–H groups in total. The van der Waals surface area contributed by atoms with Gasteiger partial charge < -0.3 is 9.47 Å². The number of hydrogen-bond acceptors (Lipinski definition) is 4. The molecule has 0 spiro atoms. The summed E-state index contributed by atoms with van der Waals surface area (Å²) in [4.78, 5) is 0. The molecule has 0 aliphatic heterocycles. The van der Waals surface area contributed by atoms with Crippen molar-refractivity contribution < 1.29 is 9.47 Å². The number of fused-ring (bicyclic) bond motifs is 1. The summed E-state index contributed by atoms with van der Waals surface area (Å²) in [6, 6.07) is 25.6. The average Bonchev–Trinajstić information content (AvgIpc) is 2.71. The van der Waals surface area contributed by atoms with E-state index < -0.39 is 0 Å². The van der Waals surface area contributed by atoms with Gasteiger partial charge >= 0.3 is 0 Å². The minimum absolute atomic E-state index is 0.504. The van der Waals surface area contributed by atoms with Crippen molar-refractivity contribution in [2.75, 3.05) is 0 Å². The Kier molecular flexibility index (Phi) is 4.48. The Morgan fingerprint density at radius 2 is 1.35 bits per heavy atom. The van der Waals surface area contributed by atoms with Crippen molar-refractivity contribution in [2.45, 2.75) is 13.5 Å². The lowest BCUT2D eigenvalue weighted by Gasteiger charge is -2.10. The third kappa shape index (κ3) is 3.49. The molecule has 4 aromatic rings. The Balaban J connectivity index is 1.49. The highest BCUT2D eigenvalue weighted by atomic mass is 16.5. The number of aromatic nitrogens is 2. The van der Waals surface area contributed by atoms with Crippen LogP contribution in [0.25, 0.3) is 10.8 Å². The van der Waals surface area contributed by atoms with Gasteiger partial charge in [-0.2, -0.15) is 5.10 Å². The highest BCUT2D eigenvalue weighted by molar-refractivity contribution is 5.88. The van der Waals surface area contributed by atoms with Gasteiger partial charge in [0.05, 0.1) is 5.69 Å². The Morgan fingerprint density at radius 3 is 2.12 bits per heavy atom. The first-order valence-electron chi connectivity index (χ1n) is 8.46. The SMILES string of the molecule is Cc1nnc(Oc2ccc(OCc3ccccc3)cc2)c2ccccc12.